The molecule has 0 aliphatic rings. The molecule has 1 N–H and O–H groups in total. The van der Waals surface area contributed by atoms with Gasteiger partial charge in [-0.25, -0.2) is 14.4 Å². The molecule has 25 heavy (non-hydrogen) atoms. The first-order valence-corrected chi connectivity index (χ1v) is 8.30. The largest absolute Gasteiger partial charge is 0.459 e. The van der Waals surface area contributed by atoms with Gasteiger partial charge in [0.1, 0.15) is 12.4 Å². The molecule has 0 fully saturated rings. The Morgan fingerprint density at radius 1 is 1.32 bits per heavy atom. The monoisotopic (exact) mass is 342 g/mol. The molecule has 0 saturated heterocycles. The van der Waals surface area contributed by atoms with E-state index in [0.29, 0.717) is 17.7 Å². The summed E-state index contributed by atoms with van der Waals surface area (Å²) in [6.07, 6.45) is 10.8. The topological polar surface area (TPSA) is 55.2 Å². The van der Waals surface area contributed by atoms with Gasteiger partial charge in [0.05, 0.1) is 6.10 Å². The van der Waals surface area contributed by atoms with E-state index in [9.17, 15) is 9.50 Å². The Kier molecular flexibility index (Phi) is 7.29. The van der Waals surface area contributed by atoms with Crippen LogP contribution in [0.1, 0.15) is 31.7 Å². The lowest BCUT2D eigenvalue weighted by Crippen LogP contribution is -1.98. The SMILES string of the molecule is C=CCOc1ncc(-c2ccc(/C=C/CCCC(C)O)cc2F)cn1. The minimum Gasteiger partial charge on any atom is -0.459 e. The first-order valence-electron chi connectivity index (χ1n) is 8.30. The van der Waals surface area contributed by atoms with Gasteiger partial charge in [0.2, 0.25) is 0 Å². The molecule has 2 rings (SSSR count). The van der Waals surface area contributed by atoms with Crippen molar-refractivity contribution in [3.8, 4) is 17.1 Å². The molecule has 1 heterocycles. The summed E-state index contributed by atoms with van der Waals surface area (Å²) in [6, 6.07) is 5.29. The molecule has 132 valence electrons. The Morgan fingerprint density at radius 2 is 2.08 bits per heavy atom. The third-order valence-electron chi connectivity index (χ3n) is 3.57. The van der Waals surface area contributed by atoms with Crippen molar-refractivity contribution in [3.63, 3.8) is 0 Å². The van der Waals surface area contributed by atoms with E-state index in [2.05, 4.69) is 16.5 Å². The maximum absolute atomic E-state index is 14.4. The molecule has 0 spiro atoms. The smallest absolute Gasteiger partial charge is 0.316 e. The molecule has 1 unspecified atom stereocenters. The number of rotatable bonds is 9. The molecule has 2 aromatic rings. The van der Waals surface area contributed by atoms with Crippen LogP contribution < -0.4 is 4.74 Å². The fourth-order valence-electron chi connectivity index (χ4n) is 2.28. The molecular weight excluding hydrogens is 319 g/mol. The van der Waals surface area contributed by atoms with E-state index in [-0.39, 0.29) is 17.9 Å². The van der Waals surface area contributed by atoms with Crippen LogP contribution in [0.25, 0.3) is 17.2 Å². The lowest BCUT2D eigenvalue weighted by atomic mass is 10.1. The molecular formula is C20H23FN2O2. The highest BCUT2D eigenvalue weighted by molar-refractivity contribution is 5.65. The number of hydrogen-bond donors (Lipinski definition) is 1. The molecule has 0 radical (unpaired) electrons. The van der Waals surface area contributed by atoms with E-state index in [1.807, 2.05) is 18.2 Å². The normalized spacial score (nSPS) is 12.3. The van der Waals surface area contributed by atoms with Crippen molar-refractivity contribution < 1.29 is 14.2 Å². The van der Waals surface area contributed by atoms with Gasteiger partial charge in [-0.05, 0) is 37.8 Å². The molecule has 1 aromatic carbocycles. The summed E-state index contributed by atoms with van der Waals surface area (Å²) in [5.74, 6) is -0.325. The highest BCUT2D eigenvalue weighted by atomic mass is 19.1. The molecule has 5 heteroatoms. The molecule has 4 nitrogen and oxygen atoms in total. The molecule has 0 aliphatic heterocycles. The summed E-state index contributed by atoms with van der Waals surface area (Å²) >= 11 is 0. The van der Waals surface area contributed by atoms with Gasteiger partial charge in [-0.2, -0.15) is 0 Å². The van der Waals surface area contributed by atoms with Crippen LogP contribution >= 0.6 is 0 Å². The number of aliphatic hydroxyl groups is 1. The molecule has 0 amide bonds. The minimum atomic E-state index is -0.325. The van der Waals surface area contributed by atoms with E-state index in [0.717, 1.165) is 24.8 Å². The third-order valence-corrected chi connectivity index (χ3v) is 3.57. The number of benzene rings is 1. The second-order valence-corrected chi connectivity index (χ2v) is 5.78. The van der Waals surface area contributed by atoms with Crippen LogP contribution in [0, 0.1) is 5.82 Å². The van der Waals surface area contributed by atoms with Gasteiger partial charge in [-0.3, -0.25) is 0 Å². The second kappa shape index (κ2) is 9.69. The Balaban J connectivity index is 2.01. The average Bonchev–Trinajstić information content (AvgIpc) is 2.60. The minimum absolute atomic E-state index is 0.237. The van der Waals surface area contributed by atoms with Crippen molar-refractivity contribution in [3.05, 3.63) is 60.7 Å². The molecule has 0 aliphatic carbocycles. The first-order chi connectivity index (χ1) is 12.1. The average molecular weight is 342 g/mol. The van der Waals surface area contributed by atoms with Gasteiger partial charge in [-0.15, -0.1) is 0 Å². The summed E-state index contributed by atoms with van der Waals surface area (Å²) in [5.41, 5.74) is 1.84. The predicted molar refractivity (Wildman–Crippen MR) is 97.7 cm³/mol. The molecule has 0 saturated carbocycles. The lowest BCUT2D eigenvalue weighted by Gasteiger charge is -2.05. The highest BCUT2D eigenvalue weighted by Gasteiger charge is 2.07. The Hall–Kier alpha value is -2.53. The van der Waals surface area contributed by atoms with Gasteiger partial charge in [-0.1, -0.05) is 36.9 Å². The van der Waals surface area contributed by atoms with Crippen molar-refractivity contribution in [2.45, 2.75) is 32.3 Å². The Bertz CT molecular complexity index is 712. The van der Waals surface area contributed by atoms with Crippen LogP contribution in [0.4, 0.5) is 4.39 Å². The molecule has 1 aromatic heterocycles. The highest BCUT2D eigenvalue weighted by Crippen LogP contribution is 2.23. The van der Waals surface area contributed by atoms with Crippen LogP contribution in [0.2, 0.25) is 0 Å². The fraction of sp³-hybridized carbons (Fsp3) is 0.300. The number of hydrogen-bond acceptors (Lipinski definition) is 4. The maximum Gasteiger partial charge on any atom is 0.316 e. The predicted octanol–water partition coefficient (Wildman–Crippen LogP) is 4.41. The van der Waals surface area contributed by atoms with Gasteiger partial charge in [0.15, 0.2) is 0 Å². The van der Waals surface area contributed by atoms with E-state index >= 15 is 0 Å². The number of nitrogens with zero attached hydrogens (tertiary/aromatic N) is 2. The summed E-state index contributed by atoms with van der Waals surface area (Å²) in [6.45, 7) is 5.66. The summed E-state index contributed by atoms with van der Waals surface area (Å²) in [4.78, 5) is 8.12. The van der Waals surface area contributed by atoms with Crippen molar-refractivity contribution in [1.82, 2.24) is 9.97 Å². The summed E-state index contributed by atoms with van der Waals surface area (Å²) in [7, 11) is 0. The second-order valence-electron chi connectivity index (χ2n) is 5.78. The number of aromatic nitrogens is 2. The standard InChI is InChI=1S/C20H23FN2O2/c1-3-11-25-20-22-13-17(14-23-20)18-10-9-16(12-19(18)21)8-6-4-5-7-15(2)24/h3,6,8-10,12-15,24H,1,4-5,7,11H2,2H3/b8-6+. The van der Waals surface area contributed by atoms with E-state index in [1.165, 1.54) is 18.5 Å². The zero-order valence-corrected chi connectivity index (χ0v) is 14.4. The molecule has 0 bridgehead atoms. The number of allylic oxidation sites excluding steroid dienone is 1. The quantitative estimate of drug-likeness (QED) is 0.542. The number of halogens is 1. The number of unbranched alkanes of at least 4 members (excludes halogenated alkanes) is 1. The zero-order valence-electron chi connectivity index (χ0n) is 14.4. The van der Waals surface area contributed by atoms with Crippen molar-refractivity contribution in [2.24, 2.45) is 0 Å². The van der Waals surface area contributed by atoms with E-state index < -0.39 is 0 Å². The zero-order chi connectivity index (χ0) is 18.1. The number of aliphatic hydroxyl groups excluding tert-OH is 1. The van der Waals surface area contributed by atoms with E-state index in [1.54, 1.807) is 19.1 Å². The van der Waals surface area contributed by atoms with Gasteiger partial charge in [0.25, 0.3) is 0 Å². The van der Waals surface area contributed by atoms with Gasteiger partial charge < -0.3 is 9.84 Å². The van der Waals surface area contributed by atoms with Crippen molar-refractivity contribution >= 4 is 6.08 Å². The third kappa shape index (κ3) is 6.12. The van der Waals surface area contributed by atoms with Gasteiger partial charge in [0, 0.05) is 23.5 Å². The van der Waals surface area contributed by atoms with Crippen molar-refractivity contribution in [1.29, 1.82) is 0 Å². The lowest BCUT2D eigenvalue weighted by molar-refractivity contribution is 0.182. The summed E-state index contributed by atoms with van der Waals surface area (Å²) < 4.78 is 19.6. The van der Waals surface area contributed by atoms with Gasteiger partial charge >= 0.3 is 6.01 Å². The number of ether oxygens (including phenoxy) is 1. The fourth-order valence-corrected chi connectivity index (χ4v) is 2.28. The summed E-state index contributed by atoms with van der Waals surface area (Å²) in [5, 5.41) is 9.21. The maximum atomic E-state index is 14.4. The first kappa shape index (κ1) is 18.8. The van der Waals surface area contributed by atoms with E-state index in [4.69, 9.17) is 4.74 Å². The Labute approximate surface area is 147 Å². The van der Waals surface area contributed by atoms with Crippen LogP contribution in [-0.2, 0) is 0 Å². The Morgan fingerprint density at radius 3 is 2.72 bits per heavy atom. The van der Waals surface area contributed by atoms with Crippen molar-refractivity contribution in [2.75, 3.05) is 6.61 Å². The molecule has 1 atom stereocenters. The van der Waals surface area contributed by atoms with Crippen LogP contribution in [0.15, 0.2) is 49.3 Å². The van der Waals surface area contributed by atoms with Crippen LogP contribution in [0.5, 0.6) is 6.01 Å². The van der Waals surface area contributed by atoms with Crippen LogP contribution in [0.3, 0.4) is 0 Å². The van der Waals surface area contributed by atoms with Crippen LogP contribution in [-0.4, -0.2) is 27.8 Å².